The van der Waals surface area contributed by atoms with E-state index in [0.717, 1.165) is 67.5 Å². The average Bonchev–Trinajstić information content (AvgIpc) is 3.74. The van der Waals surface area contributed by atoms with E-state index in [2.05, 4.69) is 74.5 Å². The smallest absolute Gasteiger partial charge is 0.414 e. The van der Waals surface area contributed by atoms with Crippen LogP contribution in [0.1, 0.15) is 84.6 Å². The third kappa shape index (κ3) is 14.7. The van der Waals surface area contributed by atoms with E-state index in [0.29, 0.717) is 18.2 Å². The van der Waals surface area contributed by atoms with Gasteiger partial charge >= 0.3 is 11.9 Å². The Kier molecular flexibility index (Phi) is 18.1. The average molecular weight is 797 g/mol. The van der Waals surface area contributed by atoms with Crippen LogP contribution in [-0.4, -0.2) is 93.2 Å². The van der Waals surface area contributed by atoms with Gasteiger partial charge in [-0.1, -0.05) is 59.6 Å². The van der Waals surface area contributed by atoms with Crippen molar-refractivity contribution in [2.24, 2.45) is 4.99 Å². The number of ketones is 1. The third-order valence-electron chi connectivity index (χ3n) is 10.00. The second kappa shape index (κ2) is 23.1. The fourth-order valence-electron chi connectivity index (χ4n) is 6.99. The number of carbonyl (C=O) groups excluding carboxylic acids is 1. The van der Waals surface area contributed by atoms with Crippen molar-refractivity contribution < 1.29 is 34.8 Å². The van der Waals surface area contributed by atoms with Gasteiger partial charge in [-0.2, -0.15) is 0 Å². The van der Waals surface area contributed by atoms with Crippen LogP contribution in [0.2, 0.25) is 5.02 Å². The summed E-state index contributed by atoms with van der Waals surface area (Å²) in [5, 5.41) is 15.6. The van der Waals surface area contributed by atoms with Crippen molar-refractivity contribution >= 4 is 41.1 Å². The van der Waals surface area contributed by atoms with Gasteiger partial charge < -0.3 is 25.3 Å². The highest BCUT2D eigenvalue weighted by atomic mass is 35.5. The summed E-state index contributed by atoms with van der Waals surface area (Å²) >= 11 is 6.11. The first-order chi connectivity index (χ1) is 27.1. The number of rotatable bonds is 10. The van der Waals surface area contributed by atoms with E-state index in [9.17, 15) is 4.79 Å². The number of carboxylic acid groups (broad SMARTS) is 2. The van der Waals surface area contributed by atoms with Gasteiger partial charge in [0.05, 0.1) is 11.7 Å². The molecule has 2 fully saturated rings. The molecule has 1 aromatic heterocycles. The van der Waals surface area contributed by atoms with Crippen molar-refractivity contribution in [1.29, 1.82) is 0 Å². The molecule has 0 saturated carbocycles. The summed E-state index contributed by atoms with van der Waals surface area (Å²) in [4.78, 5) is 43.8. The van der Waals surface area contributed by atoms with E-state index in [4.69, 9.17) is 36.1 Å². The Morgan fingerprint density at radius 1 is 0.772 bits per heavy atom. The first kappa shape index (κ1) is 44.5. The maximum Gasteiger partial charge on any atom is 0.414 e. The highest BCUT2D eigenvalue weighted by Crippen LogP contribution is 2.32. The van der Waals surface area contributed by atoms with Crippen LogP contribution in [0.4, 0.5) is 0 Å². The number of likely N-dealkylation sites (tertiary alicyclic amines) is 2. The van der Waals surface area contributed by atoms with Gasteiger partial charge in [0.25, 0.3) is 0 Å². The van der Waals surface area contributed by atoms with Gasteiger partial charge in [-0.15, -0.1) is 0 Å². The molecule has 7 rings (SSSR count). The van der Waals surface area contributed by atoms with Crippen LogP contribution in [0.15, 0.2) is 108 Å². The lowest BCUT2D eigenvalue weighted by Crippen LogP contribution is -2.37. The van der Waals surface area contributed by atoms with E-state index >= 15 is 0 Å². The lowest BCUT2D eigenvalue weighted by molar-refractivity contribution is -0.159. The number of Topliss-reactive ketones (excluding diaryl/α,β-unsaturated/α-hetero) is 1. The molecule has 12 heteroatoms. The summed E-state index contributed by atoms with van der Waals surface area (Å²) in [6, 6.07) is 30.8. The fourth-order valence-corrected chi connectivity index (χ4v) is 7.11. The number of piperidine rings is 1. The quantitative estimate of drug-likeness (QED) is 0.121. The minimum absolute atomic E-state index is 0. The summed E-state index contributed by atoms with van der Waals surface area (Å²) in [6.45, 7) is 8.92. The molecule has 11 nitrogen and oxygen atoms in total. The molecule has 0 spiro atoms. The summed E-state index contributed by atoms with van der Waals surface area (Å²) in [5.74, 6) is -2.79. The van der Waals surface area contributed by atoms with Gasteiger partial charge in [0.15, 0.2) is 5.78 Å². The normalized spacial score (nSPS) is 16.5. The number of ether oxygens (including phenoxy) is 1. The summed E-state index contributed by atoms with van der Waals surface area (Å²) < 4.78 is 5.78. The van der Waals surface area contributed by atoms with E-state index < -0.39 is 11.9 Å². The molecule has 4 N–H and O–H groups in total. The highest BCUT2D eigenvalue weighted by Gasteiger charge is 2.22. The number of aliphatic imine (C=N–C) groups is 1. The Balaban J connectivity index is 0.000000220. The summed E-state index contributed by atoms with van der Waals surface area (Å²) in [5.41, 5.74) is 8.27. The predicted octanol–water partition coefficient (Wildman–Crippen LogP) is 7.65. The third-order valence-corrected chi connectivity index (χ3v) is 10.3. The number of nitrogens with zero attached hydrogens (tertiary/aromatic N) is 4. The van der Waals surface area contributed by atoms with Crippen LogP contribution >= 0.6 is 11.6 Å². The molecule has 0 radical (unpaired) electrons. The second-order valence-electron chi connectivity index (χ2n) is 14.2. The molecule has 2 saturated heterocycles. The minimum Gasteiger partial charge on any atom is -0.489 e. The Hall–Kier alpha value is -5.20. The van der Waals surface area contributed by atoms with Gasteiger partial charge in [-0.05, 0) is 136 Å². The van der Waals surface area contributed by atoms with Crippen molar-refractivity contribution in [3.05, 3.63) is 136 Å². The zero-order chi connectivity index (χ0) is 39.7. The van der Waals surface area contributed by atoms with Gasteiger partial charge in [0.1, 0.15) is 12.4 Å². The standard InChI is InChI=1S/C23H26ClN3.C20H23NO2.C2H2O4.H2O/c24-20-9-7-18(8-10-20)23(22-6-2-4-14-26-22)19-11-15-27(16-12-19)17-21-5-1-3-13-25-21;1-16(22)19-8-10-20(11-9-19)23-15-18-6-4-17(5-7-18)14-21-12-2-3-13-21;3-1(4)2(5)6;/h2,4,6-10,13-14,21H,1,3,5,11-12,15-17H2;4-11H,2-3,12-15H2,1H3;(H,3,4)(H,5,6);1H2. The number of halogens is 1. The molecular weight excluding hydrogens is 744 g/mol. The highest BCUT2D eigenvalue weighted by molar-refractivity contribution is 6.30. The first-order valence-electron chi connectivity index (χ1n) is 19.3. The Labute approximate surface area is 340 Å². The lowest BCUT2D eigenvalue weighted by atomic mass is 9.90. The number of pyridine rings is 1. The predicted molar refractivity (Wildman–Crippen MR) is 224 cm³/mol. The molecule has 4 heterocycles. The van der Waals surface area contributed by atoms with Gasteiger partial charge in [-0.25, -0.2) is 9.59 Å². The largest absolute Gasteiger partial charge is 0.489 e. The molecule has 1 atom stereocenters. The van der Waals surface area contributed by atoms with Crippen molar-refractivity contribution in [2.45, 2.75) is 71.1 Å². The van der Waals surface area contributed by atoms with Crippen molar-refractivity contribution in [2.75, 3.05) is 32.7 Å². The number of hydrogen-bond donors (Lipinski definition) is 2. The van der Waals surface area contributed by atoms with Crippen LogP contribution in [0, 0.1) is 0 Å². The van der Waals surface area contributed by atoms with E-state index in [-0.39, 0.29) is 11.3 Å². The Morgan fingerprint density at radius 3 is 1.96 bits per heavy atom. The molecular formula is C45H53ClN4O7. The Morgan fingerprint density at radius 2 is 1.40 bits per heavy atom. The van der Waals surface area contributed by atoms with E-state index in [1.54, 1.807) is 19.1 Å². The van der Waals surface area contributed by atoms with Crippen molar-refractivity contribution in [1.82, 2.24) is 14.8 Å². The maximum absolute atomic E-state index is 11.2. The van der Waals surface area contributed by atoms with Crippen LogP contribution < -0.4 is 4.74 Å². The number of benzene rings is 3. The number of hydrogen-bond acceptors (Lipinski definition) is 8. The van der Waals surface area contributed by atoms with Crippen molar-refractivity contribution in [3.8, 4) is 5.75 Å². The number of carboxylic acids is 2. The number of aromatic nitrogens is 1. The SMILES string of the molecule is CC(=O)c1ccc(OCc2ccc(CN3CCCC3)cc2)cc1.Clc1ccc(C(=C2CCN(CC3CCCC=N3)CC2)c2ccccn2)cc1.O.O=C(O)C(=O)O. The molecule has 4 aromatic rings. The molecule has 3 aliphatic rings. The molecule has 57 heavy (non-hydrogen) atoms. The molecule has 0 bridgehead atoms. The van der Waals surface area contributed by atoms with Gasteiger partial charge in [-0.3, -0.25) is 19.7 Å². The molecule has 3 aliphatic heterocycles. The molecule has 1 unspecified atom stereocenters. The van der Waals surface area contributed by atoms with Crippen molar-refractivity contribution in [3.63, 3.8) is 0 Å². The van der Waals surface area contributed by atoms with E-state index in [1.807, 2.05) is 36.5 Å². The van der Waals surface area contributed by atoms with E-state index in [1.165, 1.54) is 61.0 Å². The fraction of sp³-hybridized carbons (Fsp3) is 0.356. The maximum atomic E-state index is 11.2. The van der Waals surface area contributed by atoms with Crippen LogP contribution in [0.5, 0.6) is 5.75 Å². The minimum atomic E-state index is -1.82. The molecule has 302 valence electrons. The molecule has 0 aliphatic carbocycles. The molecule has 0 amide bonds. The topological polar surface area (TPSA) is 164 Å². The zero-order valence-electron chi connectivity index (χ0n) is 32.5. The second-order valence-corrected chi connectivity index (χ2v) is 14.6. The van der Waals surface area contributed by atoms with Gasteiger partial charge in [0.2, 0.25) is 0 Å². The summed E-state index contributed by atoms with van der Waals surface area (Å²) in [7, 11) is 0. The van der Waals surface area contributed by atoms with Crippen LogP contribution in [0.25, 0.3) is 5.57 Å². The monoisotopic (exact) mass is 796 g/mol. The Bertz CT molecular complexity index is 1910. The zero-order valence-corrected chi connectivity index (χ0v) is 33.2. The van der Waals surface area contributed by atoms with Gasteiger partial charge in [0, 0.05) is 48.5 Å². The summed E-state index contributed by atoms with van der Waals surface area (Å²) in [6.07, 6.45) is 12.5. The number of aliphatic carboxylic acids is 2. The van der Waals surface area contributed by atoms with Crippen LogP contribution in [-0.2, 0) is 22.7 Å². The molecule has 3 aromatic carbocycles. The number of carbonyl (C=O) groups is 3. The first-order valence-corrected chi connectivity index (χ1v) is 19.7. The van der Waals surface area contributed by atoms with Crippen LogP contribution in [0.3, 0.4) is 0 Å². The lowest BCUT2D eigenvalue weighted by Gasteiger charge is -2.32.